The molecule has 0 aliphatic carbocycles. The van der Waals surface area contributed by atoms with E-state index in [4.69, 9.17) is 0 Å². The Kier molecular flexibility index (Phi) is 4.49. The second kappa shape index (κ2) is 5.78. The molecule has 0 radical (unpaired) electrons. The summed E-state index contributed by atoms with van der Waals surface area (Å²) in [6.45, 7) is 8.69. The largest absolute Gasteiger partial charge is 0.309 e. The van der Waals surface area contributed by atoms with Gasteiger partial charge in [0.1, 0.15) is 0 Å². The average molecular weight is 338 g/mol. The molecule has 1 nitrogen and oxygen atoms in total. The van der Waals surface area contributed by atoms with Crippen LogP contribution in [0.2, 0.25) is 0 Å². The zero-order chi connectivity index (χ0) is 14.2. The van der Waals surface area contributed by atoms with Crippen molar-refractivity contribution in [3.8, 4) is 0 Å². The minimum Gasteiger partial charge on any atom is -0.309 e. The van der Waals surface area contributed by atoms with Crippen molar-refractivity contribution >= 4 is 27.3 Å². The maximum Gasteiger partial charge on any atom is 0.0731 e. The quantitative estimate of drug-likeness (QED) is 0.825. The Morgan fingerprint density at radius 3 is 2.11 bits per heavy atom. The van der Waals surface area contributed by atoms with Crippen LogP contribution >= 0.6 is 27.3 Å². The van der Waals surface area contributed by atoms with E-state index >= 15 is 0 Å². The lowest BCUT2D eigenvalue weighted by Gasteiger charge is -2.19. The van der Waals surface area contributed by atoms with Crippen molar-refractivity contribution in [2.75, 3.05) is 7.05 Å². The van der Waals surface area contributed by atoms with E-state index in [0.29, 0.717) is 0 Å². The van der Waals surface area contributed by atoms with Gasteiger partial charge in [0.2, 0.25) is 0 Å². The van der Waals surface area contributed by atoms with E-state index in [-0.39, 0.29) is 6.04 Å². The number of nitrogens with one attached hydrogen (secondary N) is 1. The first-order valence-corrected chi connectivity index (χ1v) is 8.05. The van der Waals surface area contributed by atoms with Crippen LogP contribution in [0.25, 0.3) is 0 Å². The zero-order valence-corrected chi connectivity index (χ0v) is 14.5. The van der Waals surface area contributed by atoms with E-state index in [2.05, 4.69) is 67.1 Å². The maximum absolute atomic E-state index is 3.62. The number of aryl methyl sites for hydroxylation is 4. The summed E-state index contributed by atoms with van der Waals surface area (Å²) in [6, 6.07) is 7.14. The van der Waals surface area contributed by atoms with Crippen LogP contribution in [0.1, 0.15) is 38.7 Å². The molecule has 0 amide bonds. The van der Waals surface area contributed by atoms with Crippen molar-refractivity contribution in [3.05, 3.63) is 54.7 Å². The summed E-state index contributed by atoms with van der Waals surface area (Å²) < 4.78 is 1.23. The number of benzene rings is 1. The standard InChI is InChI=1S/C16H20BrNS/c1-9-6-11(3)13(7-10(9)2)15(18-5)14-8-12(4)16(17)19-14/h6-8,15,18H,1-5H3. The first-order chi connectivity index (χ1) is 8.93. The minimum atomic E-state index is 0.272. The smallest absolute Gasteiger partial charge is 0.0731 e. The number of thiophene rings is 1. The fourth-order valence-electron chi connectivity index (χ4n) is 2.37. The summed E-state index contributed by atoms with van der Waals surface area (Å²) >= 11 is 5.44. The molecule has 0 spiro atoms. The van der Waals surface area contributed by atoms with E-state index in [9.17, 15) is 0 Å². The molecule has 1 aromatic carbocycles. The third-order valence-electron chi connectivity index (χ3n) is 3.64. The highest BCUT2D eigenvalue weighted by Crippen LogP contribution is 2.35. The van der Waals surface area contributed by atoms with Crippen molar-refractivity contribution in [1.82, 2.24) is 5.32 Å². The van der Waals surface area contributed by atoms with Gasteiger partial charge in [0.25, 0.3) is 0 Å². The molecule has 3 heteroatoms. The lowest BCUT2D eigenvalue weighted by atomic mass is 9.95. The molecule has 0 bridgehead atoms. The second-order valence-corrected chi connectivity index (χ2v) is 7.52. The Morgan fingerprint density at radius 1 is 0.947 bits per heavy atom. The summed E-state index contributed by atoms with van der Waals surface area (Å²) in [6.07, 6.45) is 0. The Hall–Kier alpha value is -0.640. The predicted octanol–water partition coefficient (Wildman–Crippen LogP) is 5.05. The molecule has 1 heterocycles. The molecular formula is C16H20BrNS. The van der Waals surface area contributed by atoms with Gasteiger partial charge in [-0.05, 0) is 84.6 Å². The van der Waals surface area contributed by atoms with E-state index in [0.717, 1.165) is 0 Å². The molecule has 1 unspecified atom stereocenters. The SMILES string of the molecule is CNC(c1cc(C)c(Br)s1)c1cc(C)c(C)cc1C. The summed E-state index contributed by atoms with van der Waals surface area (Å²) in [4.78, 5) is 1.36. The molecule has 1 N–H and O–H groups in total. The van der Waals surface area contributed by atoms with Gasteiger partial charge in [0.15, 0.2) is 0 Å². The van der Waals surface area contributed by atoms with Gasteiger partial charge < -0.3 is 5.32 Å². The summed E-state index contributed by atoms with van der Waals surface area (Å²) in [7, 11) is 2.03. The highest BCUT2D eigenvalue weighted by Gasteiger charge is 2.18. The summed E-state index contributed by atoms with van der Waals surface area (Å²) in [5.74, 6) is 0. The lowest BCUT2D eigenvalue weighted by Crippen LogP contribution is -2.18. The van der Waals surface area contributed by atoms with Crippen LogP contribution in [-0.4, -0.2) is 7.05 Å². The van der Waals surface area contributed by atoms with Crippen LogP contribution in [0.3, 0.4) is 0 Å². The van der Waals surface area contributed by atoms with Crippen LogP contribution in [0.5, 0.6) is 0 Å². The maximum atomic E-state index is 3.62. The Bertz CT molecular complexity index is 582. The summed E-state index contributed by atoms with van der Waals surface area (Å²) in [5, 5.41) is 3.45. The van der Waals surface area contributed by atoms with E-state index in [1.54, 1.807) is 0 Å². The van der Waals surface area contributed by atoms with Crippen molar-refractivity contribution in [2.45, 2.75) is 33.7 Å². The second-order valence-electron chi connectivity index (χ2n) is 5.12. The Balaban J connectivity index is 2.50. The molecule has 2 aromatic rings. The third-order valence-corrected chi connectivity index (χ3v) is 5.84. The molecule has 0 aliphatic heterocycles. The van der Waals surface area contributed by atoms with Gasteiger partial charge >= 0.3 is 0 Å². The van der Waals surface area contributed by atoms with E-state index < -0.39 is 0 Å². The van der Waals surface area contributed by atoms with Gasteiger partial charge in [0, 0.05) is 4.88 Å². The van der Waals surface area contributed by atoms with Gasteiger partial charge in [-0.15, -0.1) is 11.3 Å². The molecule has 2 rings (SSSR count). The van der Waals surface area contributed by atoms with Crippen LogP contribution in [0, 0.1) is 27.7 Å². The number of halogens is 1. The minimum absolute atomic E-state index is 0.272. The molecule has 1 aromatic heterocycles. The fourth-order valence-corrected chi connectivity index (χ4v) is 4.07. The molecule has 1 atom stereocenters. The monoisotopic (exact) mass is 337 g/mol. The summed E-state index contributed by atoms with van der Waals surface area (Å²) in [5.41, 5.74) is 6.75. The van der Waals surface area contributed by atoms with Gasteiger partial charge in [-0.25, -0.2) is 0 Å². The number of hydrogen-bond acceptors (Lipinski definition) is 2. The molecule has 19 heavy (non-hydrogen) atoms. The third kappa shape index (κ3) is 2.93. The Labute approximate surface area is 128 Å². The van der Waals surface area contributed by atoms with E-state index in [1.165, 1.54) is 36.5 Å². The topological polar surface area (TPSA) is 12.0 Å². The zero-order valence-electron chi connectivity index (χ0n) is 12.1. The predicted molar refractivity (Wildman–Crippen MR) is 88.3 cm³/mol. The van der Waals surface area contributed by atoms with Crippen LogP contribution in [-0.2, 0) is 0 Å². The molecular weight excluding hydrogens is 318 g/mol. The van der Waals surface area contributed by atoms with Gasteiger partial charge in [-0.3, -0.25) is 0 Å². The van der Waals surface area contributed by atoms with Crippen molar-refractivity contribution in [2.24, 2.45) is 0 Å². The number of hydrogen-bond donors (Lipinski definition) is 1. The van der Waals surface area contributed by atoms with E-state index in [1.807, 2.05) is 18.4 Å². The molecule has 0 aliphatic rings. The van der Waals surface area contributed by atoms with Crippen molar-refractivity contribution in [3.63, 3.8) is 0 Å². The van der Waals surface area contributed by atoms with Gasteiger partial charge in [-0.2, -0.15) is 0 Å². The first-order valence-electron chi connectivity index (χ1n) is 6.45. The molecule has 102 valence electrons. The highest BCUT2D eigenvalue weighted by atomic mass is 79.9. The molecule has 0 saturated heterocycles. The first kappa shape index (κ1) is 14.8. The molecule has 0 fully saturated rings. The normalized spacial score (nSPS) is 12.7. The van der Waals surface area contributed by atoms with Crippen molar-refractivity contribution in [1.29, 1.82) is 0 Å². The molecule has 0 saturated carbocycles. The number of rotatable bonds is 3. The van der Waals surface area contributed by atoms with Crippen LogP contribution < -0.4 is 5.32 Å². The van der Waals surface area contributed by atoms with Crippen LogP contribution in [0.4, 0.5) is 0 Å². The lowest BCUT2D eigenvalue weighted by molar-refractivity contribution is 0.698. The van der Waals surface area contributed by atoms with Gasteiger partial charge in [-0.1, -0.05) is 12.1 Å². The van der Waals surface area contributed by atoms with Gasteiger partial charge in [0.05, 0.1) is 9.83 Å². The average Bonchev–Trinajstić information content (AvgIpc) is 2.67. The van der Waals surface area contributed by atoms with Crippen LogP contribution in [0.15, 0.2) is 22.0 Å². The van der Waals surface area contributed by atoms with Crippen molar-refractivity contribution < 1.29 is 0 Å². The Morgan fingerprint density at radius 2 is 1.58 bits per heavy atom. The highest BCUT2D eigenvalue weighted by molar-refractivity contribution is 9.11. The fraction of sp³-hybridized carbons (Fsp3) is 0.375.